The van der Waals surface area contributed by atoms with Gasteiger partial charge in [0.25, 0.3) is 11.5 Å². The number of nitrogens with one attached hydrogen (secondary N) is 1. The number of amides is 2. The number of rotatable bonds is 2. The van der Waals surface area contributed by atoms with Gasteiger partial charge in [-0.2, -0.15) is 0 Å². The van der Waals surface area contributed by atoms with Gasteiger partial charge in [0.1, 0.15) is 0 Å². The van der Waals surface area contributed by atoms with E-state index in [0.717, 1.165) is 39.5 Å². The average molecular weight is 479 g/mol. The zero-order valence-corrected chi connectivity index (χ0v) is 20.5. The number of pyridine rings is 1. The summed E-state index contributed by atoms with van der Waals surface area (Å²) in [6, 6.07) is 14.4. The molecule has 7 nitrogen and oxygen atoms in total. The van der Waals surface area contributed by atoms with Crippen molar-refractivity contribution in [2.45, 2.75) is 45.7 Å². The topological polar surface area (TPSA) is 76.3 Å². The molecule has 2 amide bonds. The van der Waals surface area contributed by atoms with Crippen molar-refractivity contribution in [1.29, 1.82) is 0 Å². The van der Waals surface area contributed by atoms with Crippen LogP contribution in [-0.2, 0) is 22.6 Å². The molecule has 7 heteroatoms. The van der Waals surface area contributed by atoms with Gasteiger partial charge < -0.3 is 14.5 Å². The van der Waals surface area contributed by atoms with Gasteiger partial charge in [0.05, 0.1) is 23.2 Å². The minimum Gasteiger partial charge on any atom is -0.356 e. The number of hydrogen-bond donors (Lipinski definition) is 1. The Kier molecular flexibility index (Phi) is 4.23. The first kappa shape index (κ1) is 21.2. The van der Waals surface area contributed by atoms with Crippen LogP contribution in [0.15, 0.2) is 64.7 Å². The Morgan fingerprint density at radius 2 is 1.89 bits per heavy atom. The Morgan fingerprint density at radius 1 is 1.08 bits per heavy atom. The van der Waals surface area contributed by atoms with Crippen LogP contribution in [0.25, 0.3) is 21.8 Å². The third-order valence-electron chi connectivity index (χ3n) is 7.97. The van der Waals surface area contributed by atoms with E-state index in [4.69, 9.17) is 0 Å². The number of para-hydroxylation sites is 1. The summed E-state index contributed by atoms with van der Waals surface area (Å²) in [4.78, 5) is 41.5. The minimum absolute atomic E-state index is 0.0665. The van der Waals surface area contributed by atoms with E-state index in [2.05, 4.69) is 42.1 Å². The third-order valence-corrected chi connectivity index (χ3v) is 7.97. The molecule has 5 heterocycles. The van der Waals surface area contributed by atoms with E-state index >= 15 is 0 Å². The molecule has 180 valence electrons. The van der Waals surface area contributed by atoms with E-state index in [9.17, 15) is 14.4 Å². The second-order valence-electron chi connectivity index (χ2n) is 10.3. The molecule has 0 fully saturated rings. The first-order chi connectivity index (χ1) is 17.3. The van der Waals surface area contributed by atoms with Gasteiger partial charge in [-0.1, -0.05) is 24.3 Å². The van der Waals surface area contributed by atoms with Crippen LogP contribution in [0.5, 0.6) is 0 Å². The van der Waals surface area contributed by atoms with Gasteiger partial charge in [0.15, 0.2) is 0 Å². The van der Waals surface area contributed by atoms with Crippen LogP contribution in [0.2, 0.25) is 0 Å². The summed E-state index contributed by atoms with van der Waals surface area (Å²) < 4.78 is 4.07. The summed E-state index contributed by atoms with van der Waals surface area (Å²) in [6.07, 6.45) is 2.92. The maximum absolute atomic E-state index is 14.1. The van der Waals surface area contributed by atoms with Crippen molar-refractivity contribution in [3.05, 3.63) is 87.0 Å². The quantitative estimate of drug-likeness (QED) is 0.466. The minimum atomic E-state index is -0.583. The van der Waals surface area contributed by atoms with Crippen molar-refractivity contribution in [3.8, 4) is 0 Å². The van der Waals surface area contributed by atoms with Gasteiger partial charge in [-0.25, -0.2) is 0 Å². The Bertz CT molecular complexity index is 1750. The fourth-order valence-electron chi connectivity index (χ4n) is 6.38. The number of aromatic nitrogens is 2. The molecule has 4 aromatic rings. The molecular weight excluding hydrogens is 452 g/mol. The van der Waals surface area contributed by atoms with Gasteiger partial charge in [-0.05, 0) is 55.0 Å². The number of nitrogens with zero attached hydrogens (tertiary/aromatic N) is 3. The van der Waals surface area contributed by atoms with Gasteiger partial charge >= 0.3 is 0 Å². The average Bonchev–Trinajstić information content (AvgIpc) is 3.51. The van der Waals surface area contributed by atoms with E-state index in [1.807, 2.05) is 34.9 Å². The summed E-state index contributed by atoms with van der Waals surface area (Å²) in [5, 5.41) is 5.51. The Labute approximate surface area is 207 Å². The highest BCUT2D eigenvalue weighted by Crippen LogP contribution is 2.46. The Balaban J connectivity index is 1.59. The van der Waals surface area contributed by atoms with Gasteiger partial charge in [-0.15, -0.1) is 0 Å². The van der Waals surface area contributed by atoms with Crippen LogP contribution in [0.4, 0.5) is 5.69 Å². The van der Waals surface area contributed by atoms with Crippen molar-refractivity contribution >= 4 is 39.3 Å². The molecule has 7 rings (SSSR count). The second-order valence-corrected chi connectivity index (χ2v) is 10.3. The first-order valence-electron chi connectivity index (χ1n) is 12.5. The summed E-state index contributed by atoms with van der Waals surface area (Å²) >= 11 is 0. The Morgan fingerprint density at radius 3 is 2.67 bits per heavy atom. The summed E-state index contributed by atoms with van der Waals surface area (Å²) in [7, 11) is 0. The van der Waals surface area contributed by atoms with E-state index < -0.39 is 5.92 Å². The van der Waals surface area contributed by atoms with Gasteiger partial charge in [0, 0.05) is 54.0 Å². The number of imide groups is 1. The summed E-state index contributed by atoms with van der Waals surface area (Å²) in [5.41, 5.74) is 6.72. The highest BCUT2D eigenvalue weighted by molar-refractivity contribution is 6.11. The lowest BCUT2D eigenvalue weighted by molar-refractivity contribution is -0.139. The van der Waals surface area contributed by atoms with Crippen molar-refractivity contribution in [1.82, 2.24) is 14.0 Å². The zero-order chi connectivity index (χ0) is 24.9. The first-order valence-corrected chi connectivity index (χ1v) is 12.5. The van der Waals surface area contributed by atoms with Crippen molar-refractivity contribution in [3.63, 3.8) is 0 Å². The number of carbonyl (C=O) groups excluding carboxylic acids is 2. The van der Waals surface area contributed by atoms with Crippen LogP contribution in [0.1, 0.15) is 49.4 Å². The molecule has 0 saturated carbocycles. The molecule has 0 spiro atoms. The normalized spacial score (nSPS) is 18.4. The Hall–Kier alpha value is -4.13. The molecule has 1 atom stereocenters. The van der Waals surface area contributed by atoms with Gasteiger partial charge in [-0.3, -0.25) is 19.3 Å². The lowest BCUT2D eigenvalue weighted by atomic mass is 9.84. The third kappa shape index (κ3) is 2.65. The lowest BCUT2D eigenvalue weighted by Crippen LogP contribution is -2.34. The van der Waals surface area contributed by atoms with Crippen LogP contribution >= 0.6 is 0 Å². The summed E-state index contributed by atoms with van der Waals surface area (Å²) in [5.74, 6) is -1.21. The number of hydrogen-bond acceptors (Lipinski definition) is 4. The molecule has 1 N–H and O–H groups in total. The monoisotopic (exact) mass is 478 g/mol. The van der Waals surface area contributed by atoms with Gasteiger partial charge in [0.2, 0.25) is 5.91 Å². The molecular formula is C29H26N4O3. The lowest BCUT2D eigenvalue weighted by Gasteiger charge is -2.20. The summed E-state index contributed by atoms with van der Waals surface area (Å²) in [6.45, 7) is 6.47. The van der Waals surface area contributed by atoms with Crippen LogP contribution in [0, 0.1) is 0 Å². The maximum atomic E-state index is 14.1. The number of benzene rings is 2. The number of carbonyl (C=O) groups is 2. The second kappa shape index (κ2) is 7.20. The zero-order valence-electron chi connectivity index (χ0n) is 20.5. The van der Waals surface area contributed by atoms with Crippen molar-refractivity contribution in [2.75, 3.05) is 11.9 Å². The molecule has 0 aliphatic carbocycles. The fourth-order valence-corrected chi connectivity index (χ4v) is 6.38. The molecule has 2 aromatic carbocycles. The van der Waals surface area contributed by atoms with Crippen LogP contribution < -0.4 is 10.9 Å². The van der Waals surface area contributed by atoms with Crippen LogP contribution in [0.3, 0.4) is 0 Å². The standard InChI is InChI=1S/C29H26N4O3/c1-15(2)32-13-20-24(19-12-18-7-4-6-17-10-11-31(27(17)18)28(19)35)26-22(14-33(16(3)34)29(26)36)30-21-8-5-9-23(32)25(20)21/h4-9,12-13,15,24,30H,10-11,14H2,1-3H3/t24-/m1/s1. The fraction of sp³-hybridized carbons (Fsp3) is 0.276. The van der Waals surface area contributed by atoms with E-state index in [1.165, 1.54) is 17.4 Å². The van der Waals surface area contributed by atoms with Crippen LogP contribution in [-0.4, -0.2) is 32.4 Å². The molecule has 2 aromatic heterocycles. The SMILES string of the molecule is CC(=O)N1CC2=C(C1=O)[C@H](c1cc3cccc4c3n(c1=O)CC4)c1cn(C(C)C)c3cccc(c13)N2. The highest BCUT2D eigenvalue weighted by atomic mass is 16.2. The molecule has 0 bridgehead atoms. The molecule has 3 aliphatic rings. The molecule has 36 heavy (non-hydrogen) atoms. The van der Waals surface area contributed by atoms with E-state index in [1.54, 1.807) is 0 Å². The van der Waals surface area contributed by atoms with E-state index in [0.29, 0.717) is 23.4 Å². The maximum Gasteiger partial charge on any atom is 0.259 e. The molecule has 0 unspecified atom stereocenters. The number of anilines is 1. The predicted molar refractivity (Wildman–Crippen MR) is 139 cm³/mol. The largest absolute Gasteiger partial charge is 0.356 e. The number of aryl methyl sites for hydroxylation is 2. The highest BCUT2D eigenvalue weighted by Gasteiger charge is 2.43. The molecule has 3 aliphatic heterocycles. The van der Waals surface area contributed by atoms with Crippen molar-refractivity contribution in [2.24, 2.45) is 0 Å². The smallest absolute Gasteiger partial charge is 0.259 e. The predicted octanol–water partition coefficient (Wildman–Crippen LogP) is 4.29. The van der Waals surface area contributed by atoms with Crippen molar-refractivity contribution < 1.29 is 9.59 Å². The molecule has 0 saturated heterocycles. The molecule has 0 radical (unpaired) electrons. The van der Waals surface area contributed by atoms with E-state index in [-0.39, 0.29) is 30.0 Å².